The molecule has 1 N–H and O–H groups in total. The van der Waals surface area contributed by atoms with E-state index in [0.717, 1.165) is 12.8 Å². The Morgan fingerprint density at radius 1 is 1.44 bits per heavy atom. The van der Waals surface area contributed by atoms with Crippen LogP contribution in [-0.4, -0.2) is 29.1 Å². The number of unbranched alkanes of at least 4 members (excludes halogenated alkanes) is 1. The van der Waals surface area contributed by atoms with Crippen molar-refractivity contribution in [2.24, 2.45) is 4.99 Å². The van der Waals surface area contributed by atoms with E-state index in [2.05, 4.69) is 32.7 Å². The minimum Gasteiger partial charge on any atom is -0.352 e. The summed E-state index contributed by atoms with van der Waals surface area (Å²) in [6, 6.07) is 3.37. The quantitative estimate of drug-likeness (QED) is 0.464. The molecule has 0 spiro atoms. The van der Waals surface area contributed by atoms with Crippen LogP contribution in [0.3, 0.4) is 0 Å². The van der Waals surface area contributed by atoms with Crippen LogP contribution in [0.1, 0.15) is 23.2 Å². The molecule has 0 saturated heterocycles. The lowest BCUT2D eigenvalue weighted by molar-refractivity contribution is 0.0953. The molecule has 0 aromatic carbocycles. The number of pyridine rings is 1. The molecule has 0 fully saturated rings. The van der Waals surface area contributed by atoms with Gasteiger partial charge in [0.2, 0.25) is 0 Å². The molecule has 1 aromatic heterocycles. The van der Waals surface area contributed by atoms with Gasteiger partial charge in [-0.3, -0.25) is 9.78 Å². The van der Waals surface area contributed by atoms with Crippen LogP contribution in [-0.2, 0) is 0 Å². The van der Waals surface area contributed by atoms with Gasteiger partial charge in [-0.25, -0.2) is 4.99 Å². The largest absolute Gasteiger partial charge is 0.352 e. The van der Waals surface area contributed by atoms with E-state index < -0.39 is 0 Å². The number of thiocarbonyl (C=S) groups is 1. The summed E-state index contributed by atoms with van der Waals surface area (Å²) in [5.74, 6) is -0.0688. The van der Waals surface area contributed by atoms with E-state index in [9.17, 15) is 4.79 Å². The lowest BCUT2D eigenvalue weighted by atomic mass is 10.2. The zero-order chi connectivity index (χ0) is 11.6. The first kappa shape index (κ1) is 12.5. The van der Waals surface area contributed by atoms with Crippen LogP contribution in [0.2, 0.25) is 0 Å². The molecule has 84 valence electrons. The molecule has 0 radical (unpaired) electrons. The van der Waals surface area contributed by atoms with Crippen molar-refractivity contribution < 1.29 is 4.79 Å². The number of carbonyl (C=O) groups is 1. The lowest BCUT2D eigenvalue weighted by Gasteiger charge is -2.03. The van der Waals surface area contributed by atoms with Crippen LogP contribution >= 0.6 is 12.2 Å². The number of isothiocyanates is 1. The standard InChI is InChI=1S/C11H13N3OS/c15-11(10-3-7-12-8-4-10)14-6-2-1-5-13-9-16/h3-4,7-8H,1-2,5-6H2,(H,14,15). The minimum atomic E-state index is -0.0688. The van der Waals surface area contributed by atoms with Gasteiger partial charge in [0, 0.05) is 31.0 Å². The van der Waals surface area contributed by atoms with E-state index in [1.165, 1.54) is 0 Å². The van der Waals surface area contributed by atoms with Crippen LogP contribution in [0.15, 0.2) is 29.5 Å². The molecule has 0 aliphatic heterocycles. The Balaban J connectivity index is 2.18. The van der Waals surface area contributed by atoms with Gasteiger partial charge in [0.15, 0.2) is 0 Å². The van der Waals surface area contributed by atoms with Crippen LogP contribution < -0.4 is 5.32 Å². The number of hydrogen-bond acceptors (Lipinski definition) is 4. The van der Waals surface area contributed by atoms with Gasteiger partial charge >= 0.3 is 0 Å². The van der Waals surface area contributed by atoms with Gasteiger partial charge in [-0.05, 0) is 37.2 Å². The van der Waals surface area contributed by atoms with E-state index in [1.54, 1.807) is 24.5 Å². The lowest BCUT2D eigenvalue weighted by Crippen LogP contribution is -2.24. The molecule has 1 aromatic rings. The Morgan fingerprint density at radius 3 is 2.88 bits per heavy atom. The summed E-state index contributed by atoms with van der Waals surface area (Å²) >= 11 is 4.44. The molecular formula is C11H13N3OS. The second kappa shape index (κ2) is 7.68. The second-order valence-corrected chi connectivity index (χ2v) is 3.35. The van der Waals surface area contributed by atoms with E-state index in [-0.39, 0.29) is 5.91 Å². The van der Waals surface area contributed by atoms with Crippen molar-refractivity contribution in [2.45, 2.75) is 12.8 Å². The predicted molar refractivity (Wildman–Crippen MR) is 65.7 cm³/mol. The first-order chi connectivity index (χ1) is 7.84. The van der Waals surface area contributed by atoms with Crippen molar-refractivity contribution in [3.05, 3.63) is 30.1 Å². The highest BCUT2D eigenvalue weighted by atomic mass is 32.1. The monoisotopic (exact) mass is 235 g/mol. The van der Waals surface area contributed by atoms with Gasteiger partial charge in [-0.1, -0.05) is 0 Å². The molecule has 0 atom stereocenters. The Hall–Kier alpha value is -1.58. The number of nitrogens with zero attached hydrogens (tertiary/aromatic N) is 2. The predicted octanol–water partition coefficient (Wildman–Crippen LogP) is 1.69. The van der Waals surface area contributed by atoms with Crippen LogP contribution in [0.25, 0.3) is 0 Å². The normalized spacial score (nSPS) is 9.25. The van der Waals surface area contributed by atoms with E-state index in [4.69, 9.17) is 0 Å². The van der Waals surface area contributed by atoms with Crippen molar-refractivity contribution in [1.29, 1.82) is 0 Å². The molecule has 1 rings (SSSR count). The van der Waals surface area contributed by atoms with E-state index >= 15 is 0 Å². The molecule has 5 heteroatoms. The Labute approximate surface area is 99.8 Å². The average Bonchev–Trinajstić information content (AvgIpc) is 2.34. The van der Waals surface area contributed by atoms with Crippen molar-refractivity contribution in [2.75, 3.05) is 13.1 Å². The van der Waals surface area contributed by atoms with Crippen molar-refractivity contribution >= 4 is 23.3 Å². The summed E-state index contributed by atoms with van der Waals surface area (Å²) < 4.78 is 0. The number of carbonyl (C=O) groups excluding carboxylic acids is 1. The summed E-state index contributed by atoms with van der Waals surface area (Å²) in [4.78, 5) is 19.2. The van der Waals surface area contributed by atoms with Crippen LogP contribution in [0.4, 0.5) is 0 Å². The minimum absolute atomic E-state index is 0.0688. The average molecular weight is 235 g/mol. The van der Waals surface area contributed by atoms with Gasteiger partial charge in [0.1, 0.15) is 0 Å². The van der Waals surface area contributed by atoms with Crippen LogP contribution in [0, 0.1) is 0 Å². The van der Waals surface area contributed by atoms with E-state index in [0.29, 0.717) is 18.7 Å². The van der Waals surface area contributed by atoms with Gasteiger partial charge in [-0.15, -0.1) is 0 Å². The molecule has 1 heterocycles. The van der Waals surface area contributed by atoms with Gasteiger partial charge in [0.25, 0.3) is 5.91 Å². The number of rotatable bonds is 6. The fourth-order valence-electron chi connectivity index (χ4n) is 1.17. The van der Waals surface area contributed by atoms with Crippen molar-refractivity contribution in [1.82, 2.24) is 10.3 Å². The highest BCUT2D eigenvalue weighted by Crippen LogP contribution is 1.96. The van der Waals surface area contributed by atoms with E-state index in [1.807, 2.05) is 0 Å². The molecular weight excluding hydrogens is 222 g/mol. The third-order valence-corrected chi connectivity index (χ3v) is 2.12. The van der Waals surface area contributed by atoms with Crippen molar-refractivity contribution in [3.63, 3.8) is 0 Å². The SMILES string of the molecule is O=C(NCCCCN=C=S)c1ccncc1. The molecule has 0 bridgehead atoms. The Morgan fingerprint density at radius 2 is 2.19 bits per heavy atom. The highest BCUT2D eigenvalue weighted by molar-refractivity contribution is 7.78. The zero-order valence-electron chi connectivity index (χ0n) is 8.85. The first-order valence-corrected chi connectivity index (χ1v) is 5.47. The molecule has 0 aliphatic carbocycles. The Bertz CT molecular complexity index is 374. The fraction of sp³-hybridized carbons (Fsp3) is 0.364. The smallest absolute Gasteiger partial charge is 0.251 e. The van der Waals surface area contributed by atoms with Gasteiger partial charge < -0.3 is 5.32 Å². The third-order valence-electron chi connectivity index (χ3n) is 1.99. The topological polar surface area (TPSA) is 54.4 Å². The maximum Gasteiger partial charge on any atom is 0.251 e. The van der Waals surface area contributed by atoms with Gasteiger partial charge in [-0.2, -0.15) is 0 Å². The molecule has 16 heavy (non-hydrogen) atoms. The van der Waals surface area contributed by atoms with Crippen molar-refractivity contribution in [3.8, 4) is 0 Å². The summed E-state index contributed by atoms with van der Waals surface area (Å²) in [5.41, 5.74) is 0.631. The number of amides is 1. The fourth-order valence-corrected chi connectivity index (χ4v) is 1.26. The Kier molecular flexibility index (Phi) is 5.99. The number of hydrogen-bond donors (Lipinski definition) is 1. The molecule has 0 aliphatic rings. The van der Waals surface area contributed by atoms with Crippen LogP contribution in [0.5, 0.6) is 0 Å². The van der Waals surface area contributed by atoms with Gasteiger partial charge in [0.05, 0.1) is 5.16 Å². The third kappa shape index (κ3) is 4.77. The molecule has 0 saturated carbocycles. The summed E-state index contributed by atoms with van der Waals surface area (Å²) in [6.45, 7) is 1.32. The number of aliphatic imine (C=N–C) groups is 1. The zero-order valence-corrected chi connectivity index (χ0v) is 9.67. The maximum atomic E-state index is 11.5. The highest BCUT2D eigenvalue weighted by Gasteiger charge is 2.02. The maximum absolute atomic E-state index is 11.5. The first-order valence-electron chi connectivity index (χ1n) is 5.06. The molecule has 1 amide bonds. The summed E-state index contributed by atoms with van der Waals surface area (Å²) in [5, 5.41) is 5.13. The summed E-state index contributed by atoms with van der Waals surface area (Å²) in [6.07, 6.45) is 4.99. The molecule has 0 unspecified atom stereocenters. The molecule has 4 nitrogen and oxygen atoms in total. The number of nitrogens with one attached hydrogen (secondary N) is 1. The second-order valence-electron chi connectivity index (χ2n) is 3.17. The number of aromatic nitrogens is 1. The summed E-state index contributed by atoms with van der Waals surface area (Å²) in [7, 11) is 0.